The fourth-order valence-corrected chi connectivity index (χ4v) is 2.04. The van der Waals surface area contributed by atoms with E-state index in [1.54, 1.807) is 6.20 Å². The van der Waals surface area contributed by atoms with E-state index in [0.29, 0.717) is 25.3 Å². The molecule has 0 aliphatic rings. The molecule has 2 rings (SSSR count). The minimum Gasteiger partial charge on any atom is -0.446 e. The molecular formula is C16H20N2O2. The number of oxazole rings is 1. The van der Waals surface area contributed by atoms with Gasteiger partial charge in [-0.15, -0.1) is 0 Å². The highest BCUT2D eigenvalue weighted by atomic mass is 16.4. The van der Waals surface area contributed by atoms with Crippen molar-refractivity contribution in [2.45, 2.75) is 33.1 Å². The van der Waals surface area contributed by atoms with Crippen LogP contribution in [-0.4, -0.2) is 17.4 Å². The van der Waals surface area contributed by atoms with E-state index in [-0.39, 0.29) is 5.91 Å². The Morgan fingerprint density at radius 1 is 1.30 bits per heavy atom. The van der Waals surface area contributed by atoms with Gasteiger partial charge in [-0.2, -0.15) is 0 Å². The molecule has 106 valence electrons. The number of aryl methyl sites for hydroxylation is 3. The van der Waals surface area contributed by atoms with E-state index in [0.717, 1.165) is 12.2 Å². The maximum absolute atomic E-state index is 11.7. The third kappa shape index (κ3) is 4.53. The van der Waals surface area contributed by atoms with Crippen molar-refractivity contribution in [2.75, 3.05) is 6.54 Å². The molecule has 20 heavy (non-hydrogen) atoms. The number of hydrogen-bond acceptors (Lipinski definition) is 3. The number of benzene rings is 1. The van der Waals surface area contributed by atoms with Gasteiger partial charge in [0.05, 0.1) is 6.20 Å². The number of carbonyl (C=O) groups is 1. The molecule has 0 aliphatic carbocycles. The molecule has 0 spiro atoms. The number of amides is 1. The highest BCUT2D eigenvalue weighted by Gasteiger charge is 2.04. The van der Waals surface area contributed by atoms with Crippen molar-refractivity contribution in [1.29, 1.82) is 0 Å². The molecule has 0 aliphatic heterocycles. The molecule has 1 aromatic heterocycles. The van der Waals surface area contributed by atoms with Gasteiger partial charge in [-0.05, 0) is 25.8 Å². The molecule has 0 atom stereocenters. The Labute approximate surface area is 119 Å². The maximum atomic E-state index is 11.7. The Bertz CT molecular complexity index is 575. The van der Waals surface area contributed by atoms with E-state index < -0.39 is 0 Å². The lowest BCUT2D eigenvalue weighted by molar-refractivity contribution is -0.121. The van der Waals surface area contributed by atoms with E-state index >= 15 is 0 Å². The van der Waals surface area contributed by atoms with Crippen molar-refractivity contribution in [1.82, 2.24) is 10.3 Å². The average molecular weight is 272 g/mol. The monoisotopic (exact) mass is 272 g/mol. The highest BCUT2D eigenvalue weighted by Crippen LogP contribution is 2.06. The zero-order chi connectivity index (χ0) is 14.4. The minimum absolute atomic E-state index is 0.0646. The number of carbonyl (C=O) groups excluding carboxylic acids is 1. The zero-order valence-corrected chi connectivity index (χ0v) is 12.0. The number of hydrogen-bond donors (Lipinski definition) is 1. The van der Waals surface area contributed by atoms with E-state index in [1.807, 2.05) is 13.0 Å². The van der Waals surface area contributed by atoms with E-state index in [1.165, 1.54) is 11.1 Å². The molecule has 1 aromatic carbocycles. The smallest absolute Gasteiger partial charge is 0.220 e. The van der Waals surface area contributed by atoms with Gasteiger partial charge in [-0.3, -0.25) is 4.79 Å². The summed E-state index contributed by atoms with van der Waals surface area (Å²) in [5.41, 5.74) is 2.42. The third-order valence-corrected chi connectivity index (χ3v) is 3.05. The first-order valence-electron chi connectivity index (χ1n) is 6.87. The Morgan fingerprint density at radius 3 is 2.85 bits per heavy atom. The third-order valence-electron chi connectivity index (χ3n) is 3.05. The molecule has 0 bridgehead atoms. The van der Waals surface area contributed by atoms with Gasteiger partial charge in [-0.25, -0.2) is 4.98 Å². The largest absolute Gasteiger partial charge is 0.446 e. The molecule has 0 fully saturated rings. The van der Waals surface area contributed by atoms with Crippen LogP contribution in [0.5, 0.6) is 0 Å². The molecule has 0 unspecified atom stereocenters. The first-order chi connectivity index (χ1) is 9.63. The molecule has 0 radical (unpaired) electrons. The van der Waals surface area contributed by atoms with E-state index in [2.05, 4.69) is 35.4 Å². The lowest BCUT2D eigenvalue weighted by Gasteiger charge is -2.04. The lowest BCUT2D eigenvalue weighted by atomic mass is 10.1. The van der Waals surface area contributed by atoms with Crippen molar-refractivity contribution in [3.63, 3.8) is 0 Å². The summed E-state index contributed by atoms with van der Waals surface area (Å²) < 4.78 is 5.35. The zero-order valence-electron chi connectivity index (χ0n) is 12.0. The highest BCUT2D eigenvalue weighted by molar-refractivity contribution is 5.76. The summed E-state index contributed by atoms with van der Waals surface area (Å²) >= 11 is 0. The fraction of sp³-hybridized carbons (Fsp3) is 0.375. The molecule has 4 heteroatoms. The van der Waals surface area contributed by atoms with Crippen molar-refractivity contribution in [2.24, 2.45) is 0 Å². The molecule has 4 nitrogen and oxygen atoms in total. The van der Waals surface area contributed by atoms with Gasteiger partial charge in [0.1, 0.15) is 5.76 Å². The van der Waals surface area contributed by atoms with Crippen LogP contribution in [-0.2, 0) is 17.6 Å². The summed E-state index contributed by atoms with van der Waals surface area (Å²) in [6.45, 7) is 4.48. The summed E-state index contributed by atoms with van der Waals surface area (Å²) in [7, 11) is 0. The topological polar surface area (TPSA) is 55.1 Å². The van der Waals surface area contributed by atoms with Crippen LogP contribution in [0.15, 0.2) is 34.9 Å². The van der Waals surface area contributed by atoms with Crippen LogP contribution < -0.4 is 5.32 Å². The second kappa shape index (κ2) is 6.89. The summed E-state index contributed by atoms with van der Waals surface area (Å²) in [5, 5.41) is 2.89. The Balaban J connectivity index is 1.68. The van der Waals surface area contributed by atoms with Crippen LogP contribution in [0.3, 0.4) is 0 Å². The number of rotatable bonds is 6. The SMILES string of the molecule is Cc1cccc(CCC(=O)NCCc2ncc(C)o2)c1. The van der Waals surface area contributed by atoms with Gasteiger partial charge >= 0.3 is 0 Å². The summed E-state index contributed by atoms with van der Waals surface area (Å²) in [4.78, 5) is 15.8. The average Bonchev–Trinajstić information content (AvgIpc) is 2.82. The maximum Gasteiger partial charge on any atom is 0.220 e. The van der Waals surface area contributed by atoms with Gasteiger partial charge in [0, 0.05) is 19.4 Å². The second-order valence-electron chi connectivity index (χ2n) is 4.95. The standard InChI is InChI=1S/C16H20N2O2/c1-12-4-3-5-14(10-12)6-7-15(19)17-9-8-16-18-11-13(2)20-16/h3-5,10-11H,6-9H2,1-2H3,(H,17,19). The number of aromatic nitrogens is 1. The van der Waals surface area contributed by atoms with Gasteiger partial charge in [0.2, 0.25) is 5.91 Å². The summed E-state index contributed by atoms with van der Waals surface area (Å²) in [6.07, 6.45) is 3.60. The van der Waals surface area contributed by atoms with Crippen LogP contribution in [0.25, 0.3) is 0 Å². The molecule has 1 heterocycles. The van der Waals surface area contributed by atoms with Gasteiger partial charge in [0.15, 0.2) is 5.89 Å². The molecular weight excluding hydrogens is 252 g/mol. The van der Waals surface area contributed by atoms with Crippen LogP contribution in [0.2, 0.25) is 0 Å². The van der Waals surface area contributed by atoms with Crippen LogP contribution in [0.1, 0.15) is 29.2 Å². The van der Waals surface area contributed by atoms with E-state index in [4.69, 9.17) is 4.42 Å². The van der Waals surface area contributed by atoms with Crippen molar-refractivity contribution < 1.29 is 9.21 Å². The van der Waals surface area contributed by atoms with Crippen molar-refractivity contribution in [3.8, 4) is 0 Å². The Kier molecular flexibility index (Phi) is 4.93. The van der Waals surface area contributed by atoms with Crippen LogP contribution >= 0.6 is 0 Å². The number of nitrogens with zero attached hydrogens (tertiary/aromatic N) is 1. The van der Waals surface area contributed by atoms with Gasteiger partial charge in [-0.1, -0.05) is 29.8 Å². The lowest BCUT2D eigenvalue weighted by Crippen LogP contribution is -2.25. The molecule has 0 saturated heterocycles. The quantitative estimate of drug-likeness (QED) is 0.879. The predicted octanol–water partition coefficient (Wildman–Crippen LogP) is 2.58. The summed E-state index contributed by atoms with van der Waals surface area (Å²) in [6, 6.07) is 8.24. The first-order valence-corrected chi connectivity index (χ1v) is 6.87. The molecule has 2 aromatic rings. The second-order valence-corrected chi connectivity index (χ2v) is 4.95. The number of nitrogens with one attached hydrogen (secondary N) is 1. The summed E-state index contributed by atoms with van der Waals surface area (Å²) in [5.74, 6) is 1.53. The predicted molar refractivity (Wildman–Crippen MR) is 77.5 cm³/mol. The normalized spacial score (nSPS) is 10.5. The van der Waals surface area contributed by atoms with Crippen molar-refractivity contribution in [3.05, 3.63) is 53.2 Å². The van der Waals surface area contributed by atoms with E-state index in [9.17, 15) is 4.79 Å². The van der Waals surface area contributed by atoms with Crippen molar-refractivity contribution >= 4 is 5.91 Å². The molecule has 0 saturated carbocycles. The Hall–Kier alpha value is -2.10. The van der Waals surface area contributed by atoms with Gasteiger partial charge in [0.25, 0.3) is 0 Å². The first kappa shape index (κ1) is 14.3. The fourth-order valence-electron chi connectivity index (χ4n) is 2.04. The van der Waals surface area contributed by atoms with Gasteiger partial charge < -0.3 is 9.73 Å². The molecule has 1 amide bonds. The minimum atomic E-state index is 0.0646. The van der Waals surface area contributed by atoms with Crippen LogP contribution in [0, 0.1) is 13.8 Å². The Morgan fingerprint density at radius 2 is 2.15 bits per heavy atom. The van der Waals surface area contributed by atoms with Crippen LogP contribution in [0.4, 0.5) is 0 Å². The molecule has 1 N–H and O–H groups in total.